The van der Waals surface area contributed by atoms with Crippen molar-refractivity contribution in [1.82, 2.24) is 14.1 Å². The van der Waals surface area contributed by atoms with Gasteiger partial charge in [0.1, 0.15) is 11.2 Å². The average Bonchev–Trinajstić information content (AvgIpc) is 3.66. The molecule has 0 N–H and O–H groups in total. The van der Waals surface area contributed by atoms with Crippen molar-refractivity contribution >= 4 is 34.4 Å². The van der Waals surface area contributed by atoms with E-state index in [2.05, 4.69) is 15.6 Å². The van der Waals surface area contributed by atoms with Gasteiger partial charge in [-0.25, -0.2) is 4.39 Å². The van der Waals surface area contributed by atoms with Crippen LogP contribution in [0.1, 0.15) is 45.9 Å². The standard InChI is InChI=1S/C31H26FN3O3S/c1-2-38-29(36)12-14-34-18-26(24-10-7-21(16-27(24)34)20-5-8-23(32)9-6-20)30(37)25-11-15-35-28(25)19-39-31(35)22-4-3-13-33-17-22/h3-11,13,15-18,31H,2,12,14,19H2,1H3. The number of aromatic nitrogens is 3. The second-order valence-electron chi connectivity index (χ2n) is 9.39. The fourth-order valence-electron chi connectivity index (χ4n) is 5.15. The summed E-state index contributed by atoms with van der Waals surface area (Å²) >= 11 is 1.77. The number of hydrogen-bond donors (Lipinski definition) is 0. The summed E-state index contributed by atoms with van der Waals surface area (Å²) in [6.45, 7) is 2.48. The summed E-state index contributed by atoms with van der Waals surface area (Å²) in [4.78, 5) is 30.4. The molecular weight excluding hydrogens is 513 g/mol. The first kappa shape index (κ1) is 25.1. The van der Waals surface area contributed by atoms with Gasteiger partial charge >= 0.3 is 5.97 Å². The van der Waals surface area contributed by atoms with Crippen LogP contribution in [0.4, 0.5) is 4.39 Å². The van der Waals surface area contributed by atoms with Gasteiger partial charge in [-0.2, -0.15) is 0 Å². The number of halogens is 1. The third kappa shape index (κ3) is 4.76. The van der Waals surface area contributed by atoms with Gasteiger partial charge in [-0.1, -0.05) is 30.3 Å². The number of ether oxygens (including phenoxy) is 1. The molecule has 0 amide bonds. The number of carbonyl (C=O) groups is 2. The molecule has 3 aromatic heterocycles. The van der Waals surface area contributed by atoms with Crippen molar-refractivity contribution in [3.8, 4) is 11.1 Å². The monoisotopic (exact) mass is 539 g/mol. The molecule has 1 aliphatic heterocycles. The van der Waals surface area contributed by atoms with E-state index in [0.717, 1.165) is 39.0 Å². The molecule has 1 unspecified atom stereocenters. The van der Waals surface area contributed by atoms with Gasteiger partial charge in [-0.15, -0.1) is 11.8 Å². The van der Waals surface area contributed by atoms with Gasteiger partial charge in [0.25, 0.3) is 0 Å². The minimum atomic E-state index is -0.297. The number of hydrogen-bond acceptors (Lipinski definition) is 5. The minimum Gasteiger partial charge on any atom is -0.466 e. The number of ketones is 1. The lowest BCUT2D eigenvalue weighted by Crippen LogP contribution is -2.08. The number of esters is 1. The van der Waals surface area contributed by atoms with Gasteiger partial charge in [-0.05, 0) is 48.4 Å². The molecular formula is C31H26FN3O3S. The lowest BCUT2D eigenvalue weighted by Gasteiger charge is -2.11. The average molecular weight is 540 g/mol. The van der Waals surface area contributed by atoms with Crippen LogP contribution in [-0.2, 0) is 21.8 Å². The van der Waals surface area contributed by atoms with Crippen LogP contribution in [0, 0.1) is 5.82 Å². The molecule has 39 heavy (non-hydrogen) atoms. The normalized spacial score (nSPS) is 14.5. The lowest BCUT2D eigenvalue weighted by molar-refractivity contribution is -0.143. The number of aryl methyl sites for hydroxylation is 1. The molecule has 196 valence electrons. The molecule has 2 aromatic carbocycles. The molecule has 0 saturated heterocycles. The van der Waals surface area contributed by atoms with Gasteiger partial charge in [0.15, 0.2) is 5.78 Å². The van der Waals surface area contributed by atoms with Crippen molar-refractivity contribution in [2.45, 2.75) is 31.0 Å². The quantitative estimate of drug-likeness (QED) is 0.164. The van der Waals surface area contributed by atoms with Crippen molar-refractivity contribution in [2.24, 2.45) is 0 Å². The van der Waals surface area contributed by atoms with E-state index in [-0.39, 0.29) is 29.4 Å². The maximum absolute atomic E-state index is 14.0. The van der Waals surface area contributed by atoms with Crippen LogP contribution >= 0.6 is 11.8 Å². The van der Waals surface area contributed by atoms with Crippen molar-refractivity contribution in [2.75, 3.05) is 6.61 Å². The highest BCUT2D eigenvalue weighted by Crippen LogP contribution is 2.42. The van der Waals surface area contributed by atoms with Crippen LogP contribution in [0.2, 0.25) is 0 Å². The number of rotatable bonds is 8. The molecule has 0 aliphatic carbocycles. The first-order chi connectivity index (χ1) is 19.0. The molecule has 0 bridgehead atoms. The highest BCUT2D eigenvalue weighted by molar-refractivity contribution is 7.99. The van der Waals surface area contributed by atoms with E-state index < -0.39 is 0 Å². The Labute approximate surface area is 229 Å². The van der Waals surface area contributed by atoms with E-state index in [4.69, 9.17) is 4.74 Å². The number of thioether (sulfide) groups is 1. The zero-order valence-electron chi connectivity index (χ0n) is 21.3. The number of benzene rings is 2. The summed E-state index contributed by atoms with van der Waals surface area (Å²) in [7, 11) is 0. The molecule has 0 spiro atoms. The molecule has 0 radical (unpaired) electrons. The molecule has 1 atom stereocenters. The summed E-state index contributed by atoms with van der Waals surface area (Å²) in [6, 6.07) is 18.1. The molecule has 8 heteroatoms. The van der Waals surface area contributed by atoms with Crippen LogP contribution < -0.4 is 0 Å². The Morgan fingerprint density at radius 1 is 1.08 bits per heavy atom. The topological polar surface area (TPSA) is 66.1 Å². The highest BCUT2D eigenvalue weighted by atomic mass is 32.2. The van der Waals surface area contributed by atoms with Crippen LogP contribution in [0.15, 0.2) is 85.5 Å². The summed E-state index contributed by atoms with van der Waals surface area (Å²) < 4.78 is 22.7. The SMILES string of the molecule is CCOC(=O)CCn1cc(C(=O)c2ccn3c2CSC3c2cccnc2)c2ccc(-c3ccc(F)cc3)cc21. The predicted octanol–water partition coefficient (Wildman–Crippen LogP) is 6.62. The molecule has 6 nitrogen and oxygen atoms in total. The van der Waals surface area contributed by atoms with Crippen molar-refractivity contribution in [1.29, 1.82) is 0 Å². The molecule has 0 fully saturated rings. The Morgan fingerprint density at radius 3 is 2.67 bits per heavy atom. The Bertz CT molecular complexity index is 1680. The summed E-state index contributed by atoms with van der Waals surface area (Å²) in [5, 5.41) is 0.892. The van der Waals surface area contributed by atoms with E-state index in [1.807, 2.05) is 53.5 Å². The largest absolute Gasteiger partial charge is 0.466 e. The van der Waals surface area contributed by atoms with Gasteiger partial charge in [0.05, 0.1) is 13.0 Å². The Balaban J connectivity index is 1.39. The van der Waals surface area contributed by atoms with Gasteiger partial charge in [0, 0.05) is 70.4 Å². The lowest BCUT2D eigenvalue weighted by atomic mass is 10.00. The van der Waals surface area contributed by atoms with Crippen LogP contribution in [-0.4, -0.2) is 32.5 Å². The van der Waals surface area contributed by atoms with Gasteiger partial charge < -0.3 is 13.9 Å². The second-order valence-corrected chi connectivity index (χ2v) is 10.5. The van der Waals surface area contributed by atoms with Crippen molar-refractivity contribution < 1.29 is 18.7 Å². The van der Waals surface area contributed by atoms with Crippen LogP contribution in [0.3, 0.4) is 0 Å². The maximum atomic E-state index is 14.0. The molecule has 4 heterocycles. The third-order valence-electron chi connectivity index (χ3n) is 7.04. The maximum Gasteiger partial charge on any atom is 0.307 e. The highest BCUT2D eigenvalue weighted by Gasteiger charge is 2.30. The Kier molecular flexibility index (Phi) is 6.79. The van der Waals surface area contributed by atoms with E-state index in [1.165, 1.54) is 12.1 Å². The summed E-state index contributed by atoms with van der Waals surface area (Å²) in [5.74, 6) is 0.0925. The van der Waals surface area contributed by atoms with Crippen molar-refractivity contribution in [3.63, 3.8) is 0 Å². The fourth-order valence-corrected chi connectivity index (χ4v) is 6.46. The number of carbonyl (C=O) groups excluding carboxylic acids is 2. The summed E-state index contributed by atoms with van der Waals surface area (Å²) in [5.41, 5.74) is 5.96. The van der Waals surface area contributed by atoms with Crippen LogP contribution in [0.25, 0.3) is 22.0 Å². The molecule has 1 aliphatic rings. The third-order valence-corrected chi connectivity index (χ3v) is 8.29. The smallest absolute Gasteiger partial charge is 0.307 e. The first-order valence-electron chi connectivity index (χ1n) is 12.8. The second kappa shape index (κ2) is 10.5. The van der Waals surface area contributed by atoms with Crippen LogP contribution in [0.5, 0.6) is 0 Å². The van der Waals surface area contributed by atoms with E-state index in [1.54, 1.807) is 37.0 Å². The molecule has 5 aromatic rings. The minimum absolute atomic E-state index is 0.0504. The fraction of sp³-hybridized carbons (Fsp3) is 0.194. The van der Waals surface area contributed by atoms with Gasteiger partial charge in [-0.3, -0.25) is 14.6 Å². The molecule has 6 rings (SSSR count). The van der Waals surface area contributed by atoms with E-state index in [9.17, 15) is 14.0 Å². The Morgan fingerprint density at radius 2 is 1.90 bits per heavy atom. The molecule has 0 saturated carbocycles. The first-order valence-corrected chi connectivity index (χ1v) is 13.9. The number of pyridine rings is 1. The number of nitrogens with zero attached hydrogens (tertiary/aromatic N) is 3. The Hall–Kier alpha value is -4.17. The zero-order chi connectivity index (χ0) is 26.9. The van der Waals surface area contributed by atoms with Gasteiger partial charge in [0.2, 0.25) is 0 Å². The summed E-state index contributed by atoms with van der Waals surface area (Å²) in [6.07, 6.45) is 7.63. The van der Waals surface area contributed by atoms with E-state index >= 15 is 0 Å². The zero-order valence-corrected chi connectivity index (χ0v) is 22.2. The number of fused-ring (bicyclic) bond motifs is 2. The predicted molar refractivity (Wildman–Crippen MR) is 150 cm³/mol. The van der Waals surface area contributed by atoms with E-state index in [0.29, 0.717) is 24.3 Å². The van der Waals surface area contributed by atoms with Crippen molar-refractivity contribution in [3.05, 3.63) is 114 Å².